The Morgan fingerprint density at radius 1 is 1.60 bits per heavy atom. The molecule has 0 rings (SSSR count). The van der Waals surface area contributed by atoms with Crippen molar-refractivity contribution in [2.75, 3.05) is 20.3 Å². The molecule has 0 N–H and O–H groups in total. The molecule has 0 aliphatic rings. The van der Waals surface area contributed by atoms with Gasteiger partial charge in [0.25, 0.3) is 0 Å². The van der Waals surface area contributed by atoms with E-state index in [4.69, 9.17) is 9.47 Å². The molecule has 0 fully saturated rings. The van der Waals surface area contributed by atoms with Crippen LogP contribution in [0.25, 0.3) is 0 Å². The number of hydrogen-bond acceptors (Lipinski definition) is 3. The highest BCUT2D eigenvalue weighted by atomic mass is 127. The van der Waals surface area contributed by atoms with Crippen LogP contribution in [0.5, 0.6) is 0 Å². The lowest BCUT2D eigenvalue weighted by atomic mass is 10.5. The van der Waals surface area contributed by atoms with E-state index in [9.17, 15) is 4.79 Å². The molecule has 0 bridgehead atoms. The van der Waals surface area contributed by atoms with E-state index in [2.05, 4.69) is 0 Å². The summed E-state index contributed by atoms with van der Waals surface area (Å²) >= 11 is 1.72. The van der Waals surface area contributed by atoms with E-state index in [1.54, 1.807) is 36.6 Å². The molecule has 0 aromatic carbocycles. The second-order valence-corrected chi connectivity index (χ2v) is 2.87. The van der Waals surface area contributed by atoms with Crippen molar-refractivity contribution in [3.63, 3.8) is 0 Å². The maximum Gasteiger partial charge on any atom is 0.220 e. The molecule has 4 heteroatoms. The zero-order valence-corrected chi connectivity index (χ0v) is 8.25. The minimum atomic E-state index is -0.309. The maximum absolute atomic E-state index is 10.6. The van der Waals surface area contributed by atoms with Crippen molar-refractivity contribution in [2.24, 2.45) is 0 Å². The molecule has 10 heavy (non-hydrogen) atoms. The second-order valence-electron chi connectivity index (χ2n) is 1.81. The van der Waals surface area contributed by atoms with Gasteiger partial charge in [-0.1, -0.05) is 0 Å². The molecule has 0 amide bonds. The molecule has 3 nitrogen and oxygen atoms in total. The molecule has 0 aliphatic carbocycles. The predicted molar refractivity (Wildman–Crippen MR) is 46.3 cm³/mol. The Bertz CT molecular complexity index is 105. The van der Waals surface area contributed by atoms with E-state index in [0.717, 1.165) is 0 Å². The standard InChI is InChI=1S/C6H11IO3/c1-5(6(7)8)10-4-3-9-2/h5H,3-4H2,1-2H3. The molecule has 60 valence electrons. The minimum absolute atomic E-state index is 0.0219. The lowest BCUT2D eigenvalue weighted by molar-refractivity contribution is -0.119. The SMILES string of the molecule is COCCOC(C)C(=O)I. The van der Waals surface area contributed by atoms with Crippen LogP contribution in [-0.4, -0.2) is 30.2 Å². The summed E-state index contributed by atoms with van der Waals surface area (Å²) in [6, 6.07) is 0. The summed E-state index contributed by atoms with van der Waals surface area (Å²) in [5.74, 6) is 0. The Labute approximate surface area is 74.2 Å². The van der Waals surface area contributed by atoms with Gasteiger partial charge in [0, 0.05) is 29.7 Å². The monoisotopic (exact) mass is 258 g/mol. The Hall–Kier alpha value is 0.320. The van der Waals surface area contributed by atoms with Crippen LogP contribution in [0.1, 0.15) is 6.92 Å². The molecule has 0 saturated carbocycles. The number of halogens is 1. The van der Waals surface area contributed by atoms with Gasteiger partial charge in [0.05, 0.1) is 13.2 Å². The first-order valence-electron chi connectivity index (χ1n) is 2.98. The topological polar surface area (TPSA) is 35.5 Å². The number of rotatable bonds is 5. The number of carbonyl (C=O) groups excluding carboxylic acids is 1. The van der Waals surface area contributed by atoms with Gasteiger partial charge in [-0.15, -0.1) is 0 Å². The Balaban J connectivity index is 3.21. The average molecular weight is 258 g/mol. The third-order valence-electron chi connectivity index (χ3n) is 0.975. The number of hydrogen-bond donors (Lipinski definition) is 0. The molecular formula is C6H11IO3. The molecule has 1 atom stereocenters. The van der Waals surface area contributed by atoms with Crippen molar-refractivity contribution in [3.05, 3.63) is 0 Å². The van der Waals surface area contributed by atoms with Gasteiger partial charge in [0.15, 0.2) is 0 Å². The fourth-order valence-corrected chi connectivity index (χ4v) is 0.554. The van der Waals surface area contributed by atoms with Crippen LogP contribution in [0.2, 0.25) is 0 Å². The molecule has 0 aliphatic heterocycles. The van der Waals surface area contributed by atoms with Crippen LogP contribution >= 0.6 is 22.6 Å². The van der Waals surface area contributed by atoms with Crippen molar-refractivity contribution < 1.29 is 14.3 Å². The molecule has 0 spiro atoms. The third kappa shape index (κ3) is 5.13. The fourth-order valence-electron chi connectivity index (χ4n) is 0.374. The van der Waals surface area contributed by atoms with Gasteiger partial charge in [-0.05, 0) is 6.92 Å². The highest BCUT2D eigenvalue weighted by Gasteiger charge is 2.07. The smallest absolute Gasteiger partial charge is 0.220 e. The van der Waals surface area contributed by atoms with Gasteiger partial charge in [-0.2, -0.15) is 0 Å². The van der Waals surface area contributed by atoms with Crippen LogP contribution in [0.15, 0.2) is 0 Å². The predicted octanol–water partition coefficient (Wildman–Crippen LogP) is 1.000. The van der Waals surface area contributed by atoms with E-state index in [1.165, 1.54) is 0 Å². The normalized spacial score (nSPS) is 13.1. The van der Waals surface area contributed by atoms with Crippen molar-refractivity contribution in [1.82, 2.24) is 0 Å². The minimum Gasteiger partial charge on any atom is -0.382 e. The molecule has 0 saturated heterocycles. The summed E-state index contributed by atoms with van der Waals surface area (Å²) in [7, 11) is 1.60. The number of carbonyl (C=O) groups is 1. The molecule has 1 unspecified atom stereocenters. The Morgan fingerprint density at radius 3 is 2.60 bits per heavy atom. The fraction of sp³-hybridized carbons (Fsp3) is 0.833. The van der Waals surface area contributed by atoms with E-state index < -0.39 is 0 Å². The van der Waals surface area contributed by atoms with Gasteiger partial charge in [-0.3, -0.25) is 4.79 Å². The first-order chi connectivity index (χ1) is 4.68. The summed E-state index contributed by atoms with van der Waals surface area (Å²) in [5, 5.41) is 0. The average Bonchev–Trinajstić information content (AvgIpc) is 1.88. The Kier molecular flexibility index (Phi) is 6.25. The van der Waals surface area contributed by atoms with Gasteiger partial charge in [0.2, 0.25) is 3.79 Å². The molecule has 0 radical (unpaired) electrons. The number of ether oxygens (including phenoxy) is 2. The van der Waals surface area contributed by atoms with Crippen LogP contribution in [-0.2, 0) is 14.3 Å². The van der Waals surface area contributed by atoms with Gasteiger partial charge in [-0.25, -0.2) is 0 Å². The number of methoxy groups -OCH3 is 1. The highest BCUT2D eigenvalue weighted by molar-refractivity contribution is 14.1. The van der Waals surface area contributed by atoms with Gasteiger partial charge >= 0.3 is 0 Å². The molecule has 0 aromatic rings. The summed E-state index contributed by atoms with van der Waals surface area (Å²) in [5.41, 5.74) is 0. The van der Waals surface area contributed by atoms with Crippen molar-refractivity contribution in [2.45, 2.75) is 13.0 Å². The quantitative estimate of drug-likeness (QED) is 0.419. The van der Waals surface area contributed by atoms with Crippen LogP contribution in [0.3, 0.4) is 0 Å². The van der Waals surface area contributed by atoms with Gasteiger partial charge < -0.3 is 9.47 Å². The highest BCUT2D eigenvalue weighted by Crippen LogP contribution is 1.98. The van der Waals surface area contributed by atoms with E-state index in [0.29, 0.717) is 13.2 Å². The summed E-state index contributed by atoms with van der Waals surface area (Å²) < 4.78 is 9.82. The van der Waals surface area contributed by atoms with E-state index in [1.807, 2.05) is 0 Å². The zero-order valence-electron chi connectivity index (χ0n) is 6.09. The zero-order chi connectivity index (χ0) is 7.98. The van der Waals surface area contributed by atoms with E-state index in [-0.39, 0.29) is 9.89 Å². The molecular weight excluding hydrogens is 247 g/mol. The van der Waals surface area contributed by atoms with Gasteiger partial charge in [0.1, 0.15) is 6.10 Å². The largest absolute Gasteiger partial charge is 0.382 e. The summed E-state index contributed by atoms with van der Waals surface area (Å²) in [4.78, 5) is 10.6. The molecule has 0 heterocycles. The lowest BCUT2D eigenvalue weighted by Crippen LogP contribution is -2.17. The third-order valence-corrected chi connectivity index (χ3v) is 1.85. The first kappa shape index (κ1) is 10.3. The van der Waals surface area contributed by atoms with Crippen LogP contribution in [0.4, 0.5) is 0 Å². The van der Waals surface area contributed by atoms with Crippen LogP contribution < -0.4 is 0 Å². The van der Waals surface area contributed by atoms with Crippen molar-refractivity contribution in [3.8, 4) is 0 Å². The van der Waals surface area contributed by atoms with Crippen LogP contribution in [0, 0.1) is 0 Å². The van der Waals surface area contributed by atoms with E-state index >= 15 is 0 Å². The summed E-state index contributed by atoms with van der Waals surface area (Å²) in [6.45, 7) is 2.74. The molecule has 0 aromatic heterocycles. The second kappa shape index (κ2) is 6.06. The Morgan fingerprint density at radius 2 is 2.20 bits per heavy atom. The van der Waals surface area contributed by atoms with Crippen molar-refractivity contribution in [1.29, 1.82) is 0 Å². The van der Waals surface area contributed by atoms with Crippen molar-refractivity contribution >= 4 is 26.4 Å². The lowest BCUT2D eigenvalue weighted by Gasteiger charge is -2.06. The first-order valence-corrected chi connectivity index (χ1v) is 4.06. The summed E-state index contributed by atoms with van der Waals surface area (Å²) in [6.07, 6.45) is -0.309. The maximum atomic E-state index is 10.6.